The highest BCUT2D eigenvalue weighted by Crippen LogP contribution is 2.30. The van der Waals surface area contributed by atoms with E-state index in [1.165, 1.54) is 0 Å². The molecule has 2 heterocycles. The number of primary amides is 1. The molecular formula is C19H15N3O. The molecule has 0 unspecified atom stereocenters. The summed E-state index contributed by atoms with van der Waals surface area (Å²) in [5.41, 5.74) is 11.0. The van der Waals surface area contributed by atoms with Gasteiger partial charge in [0.1, 0.15) is 0 Å². The fraction of sp³-hybridized carbons (Fsp3) is 0.0526. The number of rotatable bonds is 2. The van der Waals surface area contributed by atoms with Gasteiger partial charge in [-0.15, -0.1) is 0 Å². The number of H-pyrrole nitrogens is 1. The zero-order chi connectivity index (χ0) is 16.0. The van der Waals surface area contributed by atoms with Crippen LogP contribution in [0.3, 0.4) is 0 Å². The number of aryl methyl sites for hydroxylation is 1. The Hall–Kier alpha value is -3.14. The Bertz CT molecular complexity index is 1060. The fourth-order valence-electron chi connectivity index (χ4n) is 2.99. The van der Waals surface area contributed by atoms with Crippen LogP contribution in [-0.4, -0.2) is 15.9 Å². The molecular weight excluding hydrogens is 286 g/mol. The van der Waals surface area contributed by atoms with Gasteiger partial charge in [0.05, 0.1) is 11.2 Å². The molecule has 0 spiro atoms. The van der Waals surface area contributed by atoms with Crippen molar-refractivity contribution in [1.29, 1.82) is 0 Å². The van der Waals surface area contributed by atoms with Gasteiger partial charge in [0, 0.05) is 28.0 Å². The fourth-order valence-corrected chi connectivity index (χ4v) is 2.99. The van der Waals surface area contributed by atoms with Crippen molar-refractivity contribution in [3.8, 4) is 11.1 Å². The Labute approximate surface area is 133 Å². The van der Waals surface area contributed by atoms with Gasteiger partial charge < -0.3 is 10.7 Å². The average molecular weight is 301 g/mol. The second kappa shape index (κ2) is 4.95. The van der Waals surface area contributed by atoms with Crippen LogP contribution >= 0.6 is 0 Å². The molecule has 0 saturated heterocycles. The zero-order valence-corrected chi connectivity index (χ0v) is 12.6. The van der Waals surface area contributed by atoms with E-state index in [9.17, 15) is 4.79 Å². The average Bonchev–Trinajstić information content (AvgIpc) is 2.94. The van der Waals surface area contributed by atoms with Crippen molar-refractivity contribution in [2.24, 2.45) is 5.73 Å². The largest absolute Gasteiger partial charge is 0.366 e. The van der Waals surface area contributed by atoms with Gasteiger partial charge in [0.15, 0.2) is 0 Å². The number of benzene rings is 2. The molecule has 0 bridgehead atoms. The lowest BCUT2D eigenvalue weighted by molar-refractivity contribution is 0.100. The molecule has 3 N–H and O–H groups in total. The van der Waals surface area contributed by atoms with E-state index in [0.717, 1.165) is 38.6 Å². The van der Waals surface area contributed by atoms with Crippen LogP contribution in [0.1, 0.15) is 16.1 Å². The number of aromatic nitrogens is 2. The highest BCUT2D eigenvalue weighted by molar-refractivity contribution is 6.09. The SMILES string of the molecule is Cc1nccc2c1[nH]c1ccc(-c3cccc(C(N)=O)c3)cc12. The third kappa shape index (κ3) is 2.16. The van der Waals surface area contributed by atoms with Crippen molar-refractivity contribution in [3.05, 3.63) is 66.0 Å². The Morgan fingerprint density at radius 1 is 1.04 bits per heavy atom. The van der Waals surface area contributed by atoms with Crippen LogP contribution < -0.4 is 5.73 Å². The van der Waals surface area contributed by atoms with Crippen LogP contribution in [-0.2, 0) is 0 Å². The number of carbonyl (C=O) groups is 1. The molecule has 0 saturated carbocycles. The standard InChI is InChI=1S/C19H15N3O/c1-11-18-15(7-8-21-11)16-10-13(5-6-17(16)22-18)12-3-2-4-14(9-12)19(20)23/h2-10,22H,1H3,(H2,20,23). The van der Waals surface area contributed by atoms with E-state index in [4.69, 9.17) is 5.73 Å². The molecule has 2 aromatic heterocycles. The van der Waals surface area contributed by atoms with Crippen molar-refractivity contribution in [2.75, 3.05) is 0 Å². The lowest BCUT2D eigenvalue weighted by Crippen LogP contribution is -2.10. The van der Waals surface area contributed by atoms with Gasteiger partial charge >= 0.3 is 0 Å². The van der Waals surface area contributed by atoms with Crippen molar-refractivity contribution in [3.63, 3.8) is 0 Å². The van der Waals surface area contributed by atoms with Gasteiger partial charge in [0.25, 0.3) is 0 Å². The molecule has 2 aromatic carbocycles. The summed E-state index contributed by atoms with van der Waals surface area (Å²) in [4.78, 5) is 19.1. The Morgan fingerprint density at radius 2 is 1.87 bits per heavy atom. The maximum absolute atomic E-state index is 11.4. The molecule has 0 radical (unpaired) electrons. The summed E-state index contributed by atoms with van der Waals surface area (Å²) < 4.78 is 0. The van der Waals surface area contributed by atoms with E-state index in [1.807, 2.05) is 43.5 Å². The molecule has 23 heavy (non-hydrogen) atoms. The number of fused-ring (bicyclic) bond motifs is 3. The number of nitrogens with one attached hydrogen (secondary N) is 1. The van der Waals surface area contributed by atoms with Crippen LogP contribution in [0.5, 0.6) is 0 Å². The zero-order valence-electron chi connectivity index (χ0n) is 12.6. The Morgan fingerprint density at radius 3 is 2.70 bits per heavy atom. The molecule has 112 valence electrons. The van der Waals surface area contributed by atoms with Gasteiger partial charge in [0.2, 0.25) is 5.91 Å². The molecule has 1 amide bonds. The lowest BCUT2D eigenvalue weighted by Gasteiger charge is -2.04. The summed E-state index contributed by atoms with van der Waals surface area (Å²) in [6, 6.07) is 15.6. The lowest BCUT2D eigenvalue weighted by atomic mass is 10.0. The van der Waals surface area contributed by atoms with E-state index in [-0.39, 0.29) is 0 Å². The highest BCUT2D eigenvalue weighted by atomic mass is 16.1. The smallest absolute Gasteiger partial charge is 0.248 e. The number of aromatic amines is 1. The molecule has 0 aliphatic heterocycles. The van der Waals surface area contributed by atoms with Crippen molar-refractivity contribution >= 4 is 27.7 Å². The molecule has 0 fully saturated rings. The second-order valence-electron chi connectivity index (χ2n) is 5.65. The first-order chi connectivity index (χ1) is 11.1. The van der Waals surface area contributed by atoms with Crippen molar-refractivity contribution in [1.82, 2.24) is 9.97 Å². The van der Waals surface area contributed by atoms with Crippen LogP contribution in [0.15, 0.2) is 54.7 Å². The maximum atomic E-state index is 11.4. The van der Waals surface area contributed by atoms with Gasteiger partial charge in [-0.3, -0.25) is 9.78 Å². The molecule has 4 nitrogen and oxygen atoms in total. The third-order valence-corrected chi connectivity index (χ3v) is 4.19. The van der Waals surface area contributed by atoms with Crippen molar-refractivity contribution < 1.29 is 4.79 Å². The number of amides is 1. The number of nitrogens with two attached hydrogens (primary N) is 1. The van der Waals surface area contributed by atoms with Gasteiger partial charge in [-0.2, -0.15) is 0 Å². The number of carbonyl (C=O) groups excluding carboxylic acids is 1. The first-order valence-electron chi connectivity index (χ1n) is 7.41. The highest BCUT2D eigenvalue weighted by Gasteiger charge is 2.09. The number of hydrogen-bond acceptors (Lipinski definition) is 2. The predicted octanol–water partition coefficient (Wildman–Crippen LogP) is 3.79. The van der Waals surface area contributed by atoms with Gasteiger partial charge in [-0.1, -0.05) is 18.2 Å². The molecule has 4 rings (SSSR count). The monoisotopic (exact) mass is 301 g/mol. The number of nitrogens with zero attached hydrogens (tertiary/aromatic N) is 1. The summed E-state index contributed by atoms with van der Waals surface area (Å²) >= 11 is 0. The van der Waals surface area contributed by atoms with Crippen molar-refractivity contribution in [2.45, 2.75) is 6.92 Å². The molecule has 0 aliphatic carbocycles. The van der Waals surface area contributed by atoms with E-state index in [2.05, 4.69) is 22.1 Å². The van der Waals surface area contributed by atoms with E-state index < -0.39 is 5.91 Å². The Kier molecular flexibility index (Phi) is 2.91. The summed E-state index contributed by atoms with van der Waals surface area (Å²) in [7, 11) is 0. The van der Waals surface area contributed by atoms with Crippen LogP contribution in [0, 0.1) is 6.92 Å². The van der Waals surface area contributed by atoms with Gasteiger partial charge in [-0.25, -0.2) is 0 Å². The van der Waals surface area contributed by atoms with Crippen LogP contribution in [0.4, 0.5) is 0 Å². The topological polar surface area (TPSA) is 71.8 Å². The predicted molar refractivity (Wildman–Crippen MR) is 92.3 cm³/mol. The van der Waals surface area contributed by atoms with E-state index in [1.54, 1.807) is 6.07 Å². The first kappa shape index (κ1) is 13.5. The van der Waals surface area contributed by atoms with Gasteiger partial charge in [-0.05, 0) is 48.4 Å². The third-order valence-electron chi connectivity index (χ3n) is 4.19. The summed E-state index contributed by atoms with van der Waals surface area (Å²) in [6.07, 6.45) is 1.82. The molecule has 0 atom stereocenters. The number of pyridine rings is 1. The second-order valence-corrected chi connectivity index (χ2v) is 5.65. The summed E-state index contributed by atoms with van der Waals surface area (Å²) in [5.74, 6) is -0.415. The minimum Gasteiger partial charge on any atom is -0.366 e. The summed E-state index contributed by atoms with van der Waals surface area (Å²) in [5, 5.41) is 2.30. The molecule has 4 aromatic rings. The molecule has 4 heteroatoms. The van der Waals surface area contributed by atoms with Crippen LogP contribution in [0.25, 0.3) is 32.9 Å². The number of hydrogen-bond donors (Lipinski definition) is 2. The summed E-state index contributed by atoms with van der Waals surface area (Å²) in [6.45, 7) is 1.99. The maximum Gasteiger partial charge on any atom is 0.248 e. The Balaban J connectivity index is 1.95. The van der Waals surface area contributed by atoms with E-state index in [0.29, 0.717) is 5.56 Å². The minimum absolute atomic E-state index is 0.415. The van der Waals surface area contributed by atoms with E-state index >= 15 is 0 Å². The first-order valence-corrected chi connectivity index (χ1v) is 7.41. The molecule has 0 aliphatic rings. The quantitative estimate of drug-likeness (QED) is 0.591. The van der Waals surface area contributed by atoms with Crippen LogP contribution in [0.2, 0.25) is 0 Å². The normalized spacial score (nSPS) is 11.2. The minimum atomic E-state index is -0.415.